The molecule has 1 aromatic heterocycles. The van der Waals surface area contributed by atoms with Gasteiger partial charge in [-0.1, -0.05) is 0 Å². The molecule has 108 valence electrons. The van der Waals surface area contributed by atoms with Crippen LogP contribution in [0.2, 0.25) is 0 Å². The molecule has 2 aromatic rings. The molecule has 2 heterocycles. The van der Waals surface area contributed by atoms with Crippen molar-refractivity contribution in [1.29, 1.82) is 0 Å². The van der Waals surface area contributed by atoms with E-state index in [2.05, 4.69) is 73.8 Å². The standard InChI is InChI=1S/C17H25N3/c1-17(2,18(3)4)12-20-11-9-14-13-8-10-19(5)15(13)6-7-16(14)20/h6-7,9,11H,8,10,12H2,1-5H3. The number of hydrogen-bond donors (Lipinski definition) is 0. The second-order valence-electron chi connectivity index (χ2n) is 6.82. The van der Waals surface area contributed by atoms with Crippen LogP contribution in [-0.4, -0.2) is 42.7 Å². The quantitative estimate of drug-likeness (QED) is 0.850. The zero-order valence-corrected chi connectivity index (χ0v) is 13.3. The van der Waals surface area contributed by atoms with Gasteiger partial charge in [0.2, 0.25) is 0 Å². The molecule has 3 rings (SSSR count). The van der Waals surface area contributed by atoms with Crippen LogP contribution in [0.1, 0.15) is 19.4 Å². The van der Waals surface area contributed by atoms with Gasteiger partial charge >= 0.3 is 0 Å². The van der Waals surface area contributed by atoms with Crippen LogP contribution < -0.4 is 4.90 Å². The normalized spacial score (nSPS) is 15.4. The van der Waals surface area contributed by atoms with Crippen LogP contribution in [0.5, 0.6) is 0 Å². The van der Waals surface area contributed by atoms with Gasteiger partial charge in [0.15, 0.2) is 0 Å². The molecule has 0 bridgehead atoms. The lowest BCUT2D eigenvalue weighted by Crippen LogP contribution is -2.41. The summed E-state index contributed by atoms with van der Waals surface area (Å²) >= 11 is 0. The number of nitrogens with zero attached hydrogens (tertiary/aromatic N) is 3. The van der Waals surface area contributed by atoms with E-state index in [4.69, 9.17) is 0 Å². The maximum absolute atomic E-state index is 2.40. The fourth-order valence-electron chi connectivity index (χ4n) is 3.04. The predicted octanol–water partition coefficient (Wildman–Crippen LogP) is 2.97. The maximum Gasteiger partial charge on any atom is 0.0485 e. The Morgan fingerprint density at radius 2 is 1.95 bits per heavy atom. The average Bonchev–Trinajstić information content (AvgIpc) is 2.94. The fraction of sp³-hybridized carbons (Fsp3) is 0.529. The molecule has 0 unspecified atom stereocenters. The Morgan fingerprint density at radius 3 is 2.65 bits per heavy atom. The first-order valence-corrected chi connectivity index (χ1v) is 7.39. The first kappa shape index (κ1) is 13.5. The lowest BCUT2D eigenvalue weighted by atomic mass is 10.0. The van der Waals surface area contributed by atoms with E-state index in [1.807, 2.05) is 0 Å². The molecule has 1 aromatic carbocycles. The van der Waals surface area contributed by atoms with Crippen LogP contribution in [0.25, 0.3) is 10.9 Å². The Hall–Kier alpha value is -1.48. The van der Waals surface area contributed by atoms with E-state index in [9.17, 15) is 0 Å². The Kier molecular flexibility index (Phi) is 3.05. The highest BCUT2D eigenvalue weighted by Crippen LogP contribution is 2.34. The van der Waals surface area contributed by atoms with Crippen LogP contribution in [0, 0.1) is 0 Å². The third kappa shape index (κ3) is 2.01. The molecule has 0 amide bonds. The van der Waals surface area contributed by atoms with Gasteiger partial charge in [-0.05, 0) is 58.1 Å². The number of anilines is 1. The summed E-state index contributed by atoms with van der Waals surface area (Å²) in [5, 5.41) is 1.43. The topological polar surface area (TPSA) is 11.4 Å². The number of likely N-dealkylation sites (N-methyl/N-ethyl adjacent to an activating group) is 2. The Balaban J connectivity index is 2.04. The Labute approximate surface area is 121 Å². The summed E-state index contributed by atoms with van der Waals surface area (Å²) < 4.78 is 2.40. The molecule has 0 fully saturated rings. The summed E-state index contributed by atoms with van der Waals surface area (Å²) in [5.74, 6) is 0. The molecule has 0 radical (unpaired) electrons. The highest BCUT2D eigenvalue weighted by molar-refractivity contribution is 5.90. The monoisotopic (exact) mass is 271 g/mol. The molecule has 3 nitrogen and oxygen atoms in total. The summed E-state index contributed by atoms with van der Waals surface area (Å²) in [6.07, 6.45) is 3.42. The number of rotatable bonds is 3. The number of benzene rings is 1. The minimum Gasteiger partial charge on any atom is -0.374 e. The highest BCUT2D eigenvalue weighted by Gasteiger charge is 2.23. The summed E-state index contributed by atoms with van der Waals surface area (Å²) in [7, 11) is 6.49. The van der Waals surface area contributed by atoms with Crippen molar-refractivity contribution < 1.29 is 0 Å². The van der Waals surface area contributed by atoms with Gasteiger partial charge in [0.25, 0.3) is 0 Å². The van der Waals surface area contributed by atoms with Crippen molar-refractivity contribution in [2.75, 3.05) is 32.6 Å². The lowest BCUT2D eigenvalue weighted by molar-refractivity contribution is 0.171. The van der Waals surface area contributed by atoms with Crippen LogP contribution >= 0.6 is 0 Å². The second kappa shape index (κ2) is 4.52. The predicted molar refractivity (Wildman–Crippen MR) is 86.7 cm³/mol. The number of aromatic nitrogens is 1. The Morgan fingerprint density at radius 1 is 1.20 bits per heavy atom. The van der Waals surface area contributed by atoms with Crippen LogP contribution in [0.4, 0.5) is 5.69 Å². The molecule has 0 aliphatic carbocycles. The summed E-state index contributed by atoms with van der Waals surface area (Å²) in [5.41, 5.74) is 4.45. The fourth-order valence-corrected chi connectivity index (χ4v) is 3.04. The third-order valence-electron chi connectivity index (χ3n) is 4.92. The van der Waals surface area contributed by atoms with Crippen molar-refractivity contribution in [3.63, 3.8) is 0 Å². The zero-order chi connectivity index (χ0) is 14.5. The summed E-state index contributed by atoms with van der Waals surface area (Å²) in [6, 6.07) is 6.85. The first-order chi connectivity index (χ1) is 9.40. The molecular formula is C17H25N3. The van der Waals surface area contributed by atoms with Gasteiger partial charge < -0.3 is 14.4 Å². The molecule has 1 aliphatic heterocycles. The van der Waals surface area contributed by atoms with Crippen molar-refractivity contribution >= 4 is 16.6 Å². The molecular weight excluding hydrogens is 246 g/mol. The SMILES string of the molecule is CN1CCc2c1ccc1c2ccn1CC(C)(C)N(C)C. The highest BCUT2D eigenvalue weighted by atomic mass is 15.2. The van der Waals surface area contributed by atoms with Gasteiger partial charge in [-0.15, -0.1) is 0 Å². The minimum absolute atomic E-state index is 0.155. The smallest absolute Gasteiger partial charge is 0.0485 e. The third-order valence-corrected chi connectivity index (χ3v) is 4.92. The van der Waals surface area contributed by atoms with Crippen molar-refractivity contribution in [2.45, 2.75) is 32.4 Å². The molecule has 0 saturated carbocycles. The van der Waals surface area contributed by atoms with Crippen molar-refractivity contribution in [3.05, 3.63) is 30.0 Å². The van der Waals surface area contributed by atoms with Crippen molar-refractivity contribution in [3.8, 4) is 0 Å². The van der Waals surface area contributed by atoms with Gasteiger partial charge in [-0.2, -0.15) is 0 Å². The van der Waals surface area contributed by atoms with Gasteiger partial charge in [-0.3, -0.25) is 0 Å². The maximum atomic E-state index is 2.40. The van der Waals surface area contributed by atoms with E-state index in [0.717, 1.165) is 13.1 Å². The van der Waals surface area contributed by atoms with E-state index in [1.165, 1.54) is 28.6 Å². The first-order valence-electron chi connectivity index (χ1n) is 7.39. The Bertz CT molecular complexity index is 637. The largest absolute Gasteiger partial charge is 0.374 e. The van der Waals surface area contributed by atoms with Gasteiger partial charge in [0.05, 0.1) is 0 Å². The molecule has 0 saturated heterocycles. The van der Waals surface area contributed by atoms with Gasteiger partial charge in [-0.25, -0.2) is 0 Å². The van der Waals surface area contributed by atoms with E-state index in [0.29, 0.717) is 0 Å². The molecule has 20 heavy (non-hydrogen) atoms. The van der Waals surface area contributed by atoms with Gasteiger partial charge in [0.1, 0.15) is 0 Å². The number of fused-ring (bicyclic) bond motifs is 3. The minimum atomic E-state index is 0.155. The summed E-state index contributed by atoms with van der Waals surface area (Å²) in [6.45, 7) is 6.74. The van der Waals surface area contributed by atoms with E-state index < -0.39 is 0 Å². The molecule has 3 heteroatoms. The molecule has 0 spiro atoms. The van der Waals surface area contributed by atoms with Crippen LogP contribution in [-0.2, 0) is 13.0 Å². The zero-order valence-electron chi connectivity index (χ0n) is 13.3. The second-order valence-corrected chi connectivity index (χ2v) is 6.82. The van der Waals surface area contributed by atoms with E-state index in [1.54, 1.807) is 0 Å². The van der Waals surface area contributed by atoms with Crippen molar-refractivity contribution in [2.24, 2.45) is 0 Å². The lowest BCUT2D eigenvalue weighted by Gasteiger charge is -2.33. The van der Waals surface area contributed by atoms with E-state index in [-0.39, 0.29) is 5.54 Å². The molecule has 1 aliphatic rings. The number of hydrogen-bond acceptors (Lipinski definition) is 2. The molecule has 0 atom stereocenters. The van der Waals surface area contributed by atoms with Crippen LogP contribution in [0.15, 0.2) is 24.4 Å². The van der Waals surface area contributed by atoms with Crippen molar-refractivity contribution in [1.82, 2.24) is 9.47 Å². The summed E-state index contributed by atoms with van der Waals surface area (Å²) in [4.78, 5) is 4.65. The van der Waals surface area contributed by atoms with Crippen LogP contribution in [0.3, 0.4) is 0 Å². The molecule has 0 N–H and O–H groups in total. The van der Waals surface area contributed by atoms with Gasteiger partial charge in [0, 0.05) is 48.5 Å². The van der Waals surface area contributed by atoms with E-state index >= 15 is 0 Å². The average molecular weight is 271 g/mol.